The molecule has 1 heterocycles. The molecule has 1 N–H and O–H groups in total. The van der Waals surface area contributed by atoms with Gasteiger partial charge in [0.2, 0.25) is 0 Å². The van der Waals surface area contributed by atoms with Crippen LogP contribution in [-0.2, 0) is 13.1 Å². The maximum atomic E-state index is 13.6. The second-order valence-electron chi connectivity index (χ2n) is 4.99. The van der Waals surface area contributed by atoms with Crippen LogP contribution in [0.1, 0.15) is 11.3 Å². The van der Waals surface area contributed by atoms with Gasteiger partial charge in [0.15, 0.2) is 0 Å². The SMILES string of the molecule is Fc1ccc(-c2nc(CNCc3cc(Br)ccc3F)cs2)cc1. The van der Waals surface area contributed by atoms with Gasteiger partial charge in [0.05, 0.1) is 5.69 Å². The van der Waals surface area contributed by atoms with Crippen LogP contribution in [-0.4, -0.2) is 4.98 Å². The minimum absolute atomic E-state index is 0.231. The van der Waals surface area contributed by atoms with Gasteiger partial charge in [-0.25, -0.2) is 13.8 Å². The first-order valence-electron chi connectivity index (χ1n) is 6.97. The highest BCUT2D eigenvalue weighted by Gasteiger charge is 2.06. The van der Waals surface area contributed by atoms with Gasteiger partial charge in [-0.2, -0.15) is 0 Å². The number of benzene rings is 2. The first kappa shape index (κ1) is 16.2. The van der Waals surface area contributed by atoms with Crippen molar-refractivity contribution >= 4 is 27.3 Å². The maximum Gasteiger partial charge on any atom is 0.127 e. The predicted octanol–water partition coefficient (Wildman–Crippen LogP) is 5.14. The first-order chi connectivity index (χ1) is 11.1. The lowest BCUT2D eigenvalue weighted by atomic mass is 10.2. The van der Waals surface area contributed by atoms with Gasteiger partial charge in [0.1, 0.15) is 16.6 Å². The van der Waals surface area contributed by atoms with E-state index in [2.05, 4.69) is 26.2 Å². The largest absolute Gasteiger partial charge is 0.307 e. The van der Waals surface area contributed by atoms with Crippen molar-refractivity contribution < 1.29 is 8.78 Å². The van der Waals surface area contributed by atoms with Crippen LogP contribution in [0.5, 0.6) is 0 Å². The Bertz CT molecular complexity index is 803. The zero-order chi connectivity index (χ0) is 16.2. The number of nitrogens with one attached hydrogen (secondary N) is 1. The summed E-state index contributed by atoms with van der Waals surface area (Å²) in [4.78, 5) is 4.51. The summed E-state index contributed by atoms with van der Waals surface area (Å²) in [5.74, 6) is -0.491. The van der Waals surface area contributed by atoms with Gasteiger partial charge in [-0.15, -0.1) is 11.3 Å². The van der Waals surface area contributed by atoms with Gasteiger partial charge >= 0.3 is 0 Å². The number of halogens is 3. The molecule has 2 aromatic carbocycles. The number of rotatable bonds is 5. The van der Waals surface area contributed by atoms with E-state index in [1.807, 2.05) is 5.38 Å². The Labute approximate surface area is 145 Å². The molecular formula is C17H13BrF2N2S. The molecule has 0 aliphatic heterocycles. The highest BCUT2D eigenvalue weighted by atomic mass is 79.9. The van der Waals surface area contributed by atoms with Gasteiger partial charge in [-0.3, -0.25) is 0 Å². The Morgan fingerprint density at radius 3 is 2.61 bits per heavy atom. The van der Waals surface area contributed by atoms with Crippen molar-refractivity contribution in [3.63, 3.8) is 0 Å². The van der Waals surface area contributed by atoms with E-state index in [1.165, 1.54) is 29.5 Å². The van der Waals surface area contributed by atoms with E-state index in [4.69, 9.17) is 0 Å². The summed E-state index contributed by atoms with van der Waals surface area (Å²) >= 11 is 4.84. The molecule has 0 radical (unpaired) electrons. The van der Waals surface area contributed by atoms with Crippen molar-refractivity contribution in [3.05, 3.63) is 75.2 Å². The summed E-state index contributed by atoms with van der Waals surface area (Å²) in [5, 5.41) is 5.97. The van der Waals surface area contributed by atoms with Crippen LogP contribution in [0.15, 0.2) is 52.3 Å². The number of hydrogen-bond donors (Lipinski definition) is 1. The summed E-state index contributed by atoms with van der Waals surface area (Å²) in [6.07, 6.45) is 0. The first-order valence-corrected chi connectivity index (χ1v) is 8.64. The summed E-state index contributed by atoms with van der Waals surface area (Å²) in [6.45, 7) is 0.971. The fourth-order valence-corrected chi connectivity index (χ4v) is 3.35. The topological polar surface area (TPSA) is 24.9 Å². The maximum absolute atomic E-state index is 13.6. The molecule has 1 aromatic heterocycles. The highest BCUT2D eigenvalue weighted by molar-refractivity contribution is 9.10. The highest BCUT2D eigenvalue weighted by Crippen LogP contribution is 2.24. The molecule has 118 valence electrons. The molecule has 6 heteroatoms. The van der Waals surface area contributed by atoms with E-state index in [0.29, 0.717) is 18.7 Å². The third kappa shape index (κ3) is 4.22. The third-order valence-corrected chi connectivity index (χ3v) is 4.71. The molecule has 0 bridgehead atoms. The predicted molar refractivity (Wildman–Crippen MR) is 92.2 cm³/mol. The van der Waals surface area contributed by atoms with Crippen LogP contribution in [0.2, 0.25) is 0 Å². The Kier molecular flexibility index (Phi) is 5.15. The lowest BCUT2D eigenvalue weighted by Gasteiger charge is -2.05. The molecule has 2 nitrogen and oxygen atoms in total. The number of hydrogen-bond acceptors (Lipinski definition) is 3. The molecule has 0 aliphatic rings. The molecule has 0 amide bonds. The van der Waals surface area contributed by atoms with Crippen molar-refractivity contribution in [2.45, 2.75) is 13.1 Å². The minimum atomic E-state index is -0.261. The zero-order valence-electron chi connectivity index (χ0n) is 12.0. The fourth-order valence-electron chi connectivity index (χ4n) is 2.12. The van der Waals surface area contributed by atoms with E-state index >= 15 is 0 Å². The second kappa shape index (κ2) is 7.29. The lowest BCUT2D eigenvalue weighted by Crippen LogP contribution is -2.14. The molecule has 23 heavy (non-hydrogen) atoms. The standard InChI is InChI=1S/C17H13BrF2N2S/c18-13-3-6-16(20)12(7-13)8-21-9-15-10-23-17(22-15)11-1-4-14(19)5-2-11/h1-7,10,21H,8-9H2. The Morgan fingerprint density at radius 1 is 1.04 bits per heavy atom. The van der Waals surface area contributed by atoms with Crippen LogP contribution >= 0.6 is 27.3 Å². The molecule has 0 fully saturated rings. The third-order valence-electron chi connectivity index (χ3n) is 3.27. The van der Waals surface area contributed by atoms with Gasteiger partial charge in [-0.1, -0.05) is 15.9 Å². The van der Waals surface area contributed by atoms with Crippen LogP contribution < -0.4 is 5.32 Å². The quantitative estimate of drug-likeness (QED) is 0.647. The Morgan fingerprint density at radius 2 is 1.83 bits per heavy atom. The van der Waals surface area contributed by atoms with Crippen LogP contribution in [0, 0.1) is 11.6 Å². The Balaban J connectivity index is 1.61. The average Bonchev–Trinajstić information content (AvgIpc) is 3.00. The normalized spacial score (nSPS) is 10.9. The average molecular weight is 395 g/mol. The Hall–Kier alpha value is -1.63. The van der Waals surface area contributed by atoms with E-state index in [0.717, 1.165) is 20.7 Å². The molecule has 0 atom stereocenters. The van der Waals surface area contributed by atoms with Crippen LogP contribution in [0.3, 0.4) is 0 Å². The fraction of sp³-hybridized carbons (Fsp3) is 0.118. The van der Waals surface area contributed by atoms with Crippen LogP contribution in [0.25, 0.3) is 10.6 Å². The van der Waals surface area contributed by atoms with Crippen molar-refractivity contribution in [2.75, 3.05) is 0 Å². The number of aromatic nitrogens is 1. The molecule has 0 aliphatic carbocycles. The van der Waals surface area contributed by atoms with Crippen molar-refractivity contribution in [3.8, 4) is 10.6 Å². The molecule has 0 saturated carbocycles. The van der Waals surface area contributed by atoms with Gasteiger partial charge in [-0.05, 0) is 42.5 Å². The zero-order valence-corrected chi connectivity index (χ0v) is 14.4. The molecular weight excluding hydrogens is 382 g/mol. The minimum Gasteiger partial charge on any atom is -0.307 e. The molecule has 0 spiro atoms. The van der Waals surface area contributed by atoms with Gasteiger partial charge in [0, 0.05) is 34.1 Å². The van der Waals surface area contributed by atoms with E-state index in [-0.39, 0.29) is 11.6 Å². The number of thiazole rings is 1. The van der Waals surface area contributed by atoms with Crippen molar-refractivity contribution in [2.24, 2.45) is 0 Å². The van der Waals surface area contributed by atoms with E-state index in [1.54, 1.807) is 24.3 Å². The smallest absolute Gasteiger partial charge is 0.127 e. The van der Waals surface area contributed by atoms with E-state index < -0.39 is 0 Å². The summed E-state index contributed by atoms with van der Waals surface area (Å²) in [7, 11) is 0. The van der Waals surface area contributed by atoms with Crippen molar-refractivity contribution in [1.82, 2.24) is 10.3 Å². The number of nitrogens with zero attached hydrogens (tertiary/aromatic N) is 1. The van der Waals surface area contributed by atoms with Crippen LogP contribution in [0.4, 0.5) is 8.78 Å². The van der Waals surface area contributed by atoms with Gasteiger partial charge < -0.3 is 5.32 Å². The monoisotopic (exact) mass is 394 g/mol. The summed E-state index contributed by atoms with van der Waals surface area (Å²) < 4.78 is 27.4. The summed E-state index contributed by atoms with van der Waals surface area (Å²) in [5.41, 5.74) is 2.37. The molecule has 3 aromatic rings. The van der Waals surface area contributed by atoms with Gasteiger partial charge in [0.25, 0.3) is 0 Å². The van der Waals surface area contributed by atoms with Crippen molar-refractivity contribution in [1.29, 1.82) is 0 Å². The molecule has 3 rings (SSSR count). The molecule has 0 unspecified atom stereocenters. The molecule has 0 saturated heterocycles. The lowest BCUT2D eigenvalue weighted by molar-refractivity contribution is 0.586. The summed E-state index contributed by atoms with van der Waals surface area (Å²) in [6, 6.07) is 11.1. The second-order valence-corrected chi connectivity index (χ2v) is 6.76. The van der Waals surface area contributed by atoms with E-state index in [9.17, 15) is 8.78 Å².